The zero-order valence-corrected chi connectivity index (χ0v) is 10.3. The minimum atomic E-state index is 0.654. The van der Waals surface area contributed by atoms with E-state index in [1.54, 1.807) is 0 Å². The van der Waals surface area contributed by atoms with Gasteiger partial charge in [0.1, 0.15) is 5.82 Å². The summed E-state index contributed by atoms with van der Waals surface area (Å²) in [5.41, 5.74) is 3.63. The van der Waals surface area contributed by atoms with Crippen molar-refractivity contribution in [3.05, 3.63) is 23.9 Å². The topological polar surface area (TPSA) is 50.9 Å². The third-order valence-electron chi connectivity index (χ3n) is 2.39. The first-order chi connectivity index (χ1) is 7.13. The first kappa shape index (κ1) is 12.3. The van der Waals surface area contributed by atoms with E-state index in [1.807, 2.05) is 30.0 Å². The van der Waals surface area contributed by atoms with Crippen molar-refractivity contribution in [2.75, 3.05) is 5.43 Å². The van der Waals surface area contributed by atoms with Crippen molar-refractivity contribution in [3.8, 4) is 0 Å². The largest absolute Gasteiger partial charge is 0.308 e. The normalized spacial score (nSPS) is 12.9. The maximum atomic E-state index is 5.30. The number of nitrogens with two attached hydrogens (primary N) is 1. The number of rotatable bonds is 5. The first-order valence-electron chi connectivity index (χ1n) is 5.17. The van der Waals surface area contributed by atoms with Crippen LogP contribution in [0.3, 0.4) is 0 Å². The van der Waals surface area contributed by atoms with Gasteiger partial charge in [-0.05, 0) is 18.1 Å². The van der Waals surface area contributed by atoms with Crippen LogP contribution >= 0.6 is 11.8 Å². The predicted molar refractivity (Wildman–Crippen MR) is 67.6 cm³/mol. The molecule has 1 aromatic rings. The van der Waals surface area contributed by atoms with Crippen LogP contribution in [0, 0.1) is 5.92 Å². The molecule has 0 saturated carbocycles. The van der Waals surface area contributed by atoms with E-state index < -0.39 is 0 Å². The monoisotopic (exact) mass is 225 g/mol. The molecule has 0 aliphatic rings. The van der Waals surface area contributed by atoms with Gasteiger partial charge in [-0.25, -0.2) is 10.8 Å². The fraction of sp³-hybridized carbons (Fsp3) is 0.545. The molecule has 0 aromatic carbocycles. The highest BCUT2D eigenvalue weighted by Crippen LogP contribution is 2.22. The summed E-state index contributed by atoms with van der Waals surface area (Å²) in [4.78, 5) is 4.37. The van der Waals surface area contributed by atoms with Crippen LogP contribution < -0.4 is 11.3 Å². The number of nitrogen functional groups attached to an aromatic ring is 1. The Kier molecular flexibility index (Phi) is 4.91. The number of hydrazine groups is 1. The molecular formula is C11H19N3S. The fourth-order valence-corrected chi connectivity index (χ4v) is 2.03. The number of anilines is 1. The van der Waals surface area contributed by atoms with Gasteiger partial charge < -0.3 is 5.43 Å². The summed E-state index contributed by atoms with van der Waals surface area (Å²) < 4.78 is 0. The van der Waals surface area contributed by atoms with Gasteiger partial charge >= 0.3 is 0 Å². The predicted octanol–water partition coefficient (Wildman–Crippen LogP) is 2.64. The second kappa shape index (κ2) is 5.98. The number of nitrogens with one attached hydrogen (secondary N) is 1. The number of pyridine rings is 1. The Morgan fingerprint density at radius 3 is 2.73 bits per heavy atom. The molecule has 0 spiro atoms. The number of nitrogens with zero attached hydrogens (tertiary/aromatic N) is 1. The molecule has 0 saturated heterocycles. The molecule has 0 radical (unpaired) electrons. The average Bonchev–Trinajstić information content (AvgIpc) is 2.26. The third kappa shape index (κ3) is 4.10. The molecule has 1 unspecified atom stereocenters. The lowest BCUT2D eigenvalue weighted by atomic mass is 10.2. The van der Waals surface area contributed by atoms with E-state index in [2.05, 4.69) is 31.2 Å². The van der Waals surface area contributed by atoms with Gasteiger partial charge in [-0.3, -0.25) is 0 Å². The molecule has 0 bridgehead atoms. The van der Waals surface area contributed by atoms with E-state index in [9.17, 15) is 0 Å². The van der Waals surface area contributed by atoms with Gasteiger partial charge in [0, 0.05) is 11.0 Å². The smallest absolute Gasteiger partial charge is 0.140 e. The maximum absolute atomic E-state index is 5.30. The summed E-state index contributed by atoms with van der Waals surface area (Å²) in [6.45, 7) is 6.73. The van der Waals surface area contributed by atoms with Gasteiger partial charge in [-0.15, -0.1) is 0 Å². The lowest BCUT2D eigenvalue weighted by Crippen LogP contribution is -2.09. The SMILES string of the molecule is CC(C)C(C)SCc1cccc(NN)n1. The Balaban J connectivity index is 2.50. The van der Waals surface area contributed by atoms with Crippen LogP contribution in [0.4, 0.5) is 5.82 Å². The number of thioether (sulfide) groups is 1. The maximum Gasteiger partial charge on any atom is 0.140 e. The molecule has 4 heteroatoms. The fourth-order valence-electron chi connectivity index (χ4n) is 1.05. The molecule has 0 fully saturated rings. The van der Waals surface area contributed by atoms with Crippen LogP contribution in [0.15, 0.2) is 18.2 Å². The zero-order valence-electron chi connectivity index (χ0n) is 9.53. The average molecular weight is 225 g/mol. The Bertz CT molecular complexity index is 302. The summed E-state index contributed by atoms with van der Waals surface area (Å²) >= 11 is 1.93. The van der Waals surface area contributed by atoms with Crippen molar-refractivity contribution in [2.24, 2.45) is 11.8 Å². The quantitative estimate of drug-likeness (QED) is 0.597. The number of hydrogen-bond acceptors (Lipinski definition) is 4. The van der Waals surface area contributed by atoms with Gasteiger partial charge in [0.2, 0.25) is 0 Å². The molecule has 15 heavy (non-hydrogen) atoms. The van der Waals surface area contributed by atoms with E-state index in [1.165, 1.54) is 0 Å². The van der Waals surface area contributed by atoms with Crippen molar-refractivity contribution >= 4 is 17.6 Å². The molecule has 3 N–H and O–H groups in total. The molecule has 1 aromatic heterocycles. The van der Waals surface area contributed by atoms with Crippen LogP contribution in [-0.2, 0) is 5.75 Å². The summed E-state index contributed by atoms with van der Waals surface area (Å²) in [5.74, 6) is 7.67. The first-order valence-corrected chi connectivity index (χ1v) is 6.22. The van der Waals surface area contributed by atoms with Crippen LogP contribution in [-0.4, -0.2) is 10.2 Å². The lowest BCUT2D eigenvalue weighted by Gasteiger charge is -2.14. The molecule has 1 heterocycles. The molecule has 0 aliphatic heterocycles. The molecule has 1 rings (SSSR count). The van der Waals surface area contributed by atoms with Crippen LogP contribution in [0.2, 0.25) is 0 Å². The highest BCUT2D eigenvalue weighted by molar-refractivity contribution is 7.99. The summed E-state index contributed by atoms with van der Waals surface area (Å²) in [7, 11) is 0. The second-order valence-electron chi connectivity index (χ2n) is 3.92. The minimum Gasteiger partial charge on any atom is -0.308 e. The van der Waals surface area contributed by atoms with Crippen LogP contribution in [0.25, 0.3) is 0 Å². The van der Waals surface area contributed by atoms with Gasteiger partial charge in [0.15, 0.2) is 0 Å². The Morgan fingerprint density at radius 2 is 2.13 bits per heavy atom. The van der Waals surface area contributed by atoms with Crippen molar-refractivity contribution in [2.45, 2.75) is 31.8 Å². The summed E-state index contributed by atoms with van der Waals surface area (Å²) in [6.07, 6.45) is 0. The molecule has 84 valence electrons. The number of aromatic nitrogens is 1. The van der Waals surface area contributed by atoms with Gasteiger partial charge in [0.05, 0.1) is 5.69 Å². The summed E-state index contributed by atoms with van der Waals surface area (Å²) in [6, 6.07) is 5.86. The van der Waals surface area contributed by atoms with E-state index in [4.69, 9.17) is 5.84 Å². The van der Waals surface area contributed by atoms with Gasteiger partial charge in [-0.1, -0.05) is 26.8 Å². The van der Waals surface area contributed by atoms with Crippen LogP contribution in [0.1, 0.15) is 26.5 Å². The van der Waals surface area contributed by atoms with Gasteiger partial charge in [0.25, 0.3) is 0 Å². The Hall–Kier alpha value is -0.740. The van der Waals surface area contributed by atoms with Crippen molar-refractivity contribution in [1.29, 1.82) is 0 Å². The highest BCUT2D eigenvalue weighted by atomic mass is 32.2. The van der Waals surface area contributed by atoms with Crippen molar-refractivity contribution < 1.29 is 0 Å². The lowest BCUT2D eigenvalue weighted by molar-refractivity contribution is 0.642. The standard InChI is InChI=1S/C11H19N3S/c1-8(2)9(3)15-7-10-5-4-6-11(13-10)14-12/h4-6,8-9H,7,12H2,1-3H3,(H,13,14). The molecule has 0 amide bonds. The van der Waals surface area contributed by atoms with Crippen LogP contribution in [0.5, 0.6) is 0 Å². The zero-order chi connectivity index (χ0) is 11.3. The van der Waals surface area contributed by atoms with E-state index in [0.717, 1.165) is 17.3 Å². The summed E-state index contributed by atoms with van der Waals surface area (Å²) in [5, 5.41) is 0.654. The highest BCUT2D eigenvalue weighted by Gasteiger charge is 2.07. The second-order valence-corrected chi connectivity index (χ2v) is 5.28. The molecular weight excluding hydrogens is 206 g/mol. The van der Waals surface area contributed by atoms with E-state index in [0.29, 0.717) is 11.2 Å². The molecule has 3 nitrogen and oxygen atoms in total. The molecule has 0 aliphatic carbocycles. The molecule has 1 atom stereocenters. The van der Waals surface area contributed by atoms with E-state index >= 15 is 0 Å². The minimum absolute atomic E-state index is 0.654. The third-order valence-corrected chi connectivity index (χ3v) is 3.92. The van der Waals surface area contributed by atoms with Crippen molar-refractivity contribution in [1.82, 2.24) is 4.98 Å². The van der Waals surface area contributed by atoms with Crippen molar-refractivity contribution in [3.63, 3.8) is 0 Å². The number of hydrogen-bond donors (Lipinski definition) is 2. The Morgan fingerprint density at radius 1 is 1.40 bits per heavy atom. The Labute approximate surface area is 95.8 Å². The van der Waals surface area contributed by atoms with E-state index in [-0.39, 0.29) is 0 Å². The van der Waals surface area contributed by atoms with Gasteiger partial charge in [-0.2, -0.15) is 11.8 Å².